The van der Waals surface area contributed by atoms with Crippen molar-refractivity contribution in [3.8, 4) is 0 Å². The number of anilines is 1. The van der Waals surface area contributed by atoms with Crippen LogP contribution >= 0.6 is 0 Å². The fourth-order valence-electron chi connectivity index (χ4n) is 2.42. The number of nitrogens with one attached hydrogen (secondary N) is 1. The van der Waals surface area contributed by atoms with E-state index in [1.807, 2.05) is 13.8 Å². The normalized spacial score (nSPS) is 20.0. The van der Waals surface area contributed by atoms with Crippen LogP contribution in [-0.2, 0) is 19.1 Å². The van der Waals surface area contributed by atoms with E-state index in [-0.39, 0.29) is 30.2 Å². The maximum Gasteiger partial charge on any atom is 0.309 e. The van der Waals surface area contributed by atoms with Crippen molar-refractivity contribution in [1.29, 1.82) is 0 Å². The molecule has 1 amide bonds. The Morgan fingerprint density at radius 2 is 2.25 bits per heavy atom. The van der Waals surface area contributed by atoms with Gasteiger partial charge in [-0.25, -0.2) is 0 Å². The number of benzene rings is 1. The number of ether oxygens (including phenoxy) is 2. The van der Waals surface area contributed by atoms with E-state index in [1.54, 1.807) is 6.07 Å². The van der Waals surface area contributed by atoms with E-state index in [2.05, 4.69) is 5.32 Å². The van der Waals surface area contributed by atoms with Crippen LogP contribution in [-0.4, -0.2) is 35.6 Å². The van der Waals surface area contributed by atoms with Crippen molar-refractivity contribution in [2.45, 2.75) is 38.9 Å². The molecule has 0 radical (unpaired) electrons. The molecule has 1 aromatic rings. The molecule has 0 aromatic heterocycles. The average molecular weight is 336 g/mol. The molecular weight excluding hydrogens is 316 g/mol. The molecule has 1 N–H and O–H groups in total. The molecule has 24 heavy (non-hydrogen) atoms. The predicted octanol–water partition coefficient (Wildman–Crippen LogP) is 2.28. The fraction of sp³-hybridized carbons (Fsp3) is 0.500. The molecule has 8 nitrogen and oxygen atoms in total. The Hall–Kier alpha value is -2.48. The lowest BCUT2D eigenvalue weighted by Gasteiger charge is -2.12. The Labute approximate surface area is 139 Å². The van der Waals surface area contributed by atoms with E-state index < -0.39 is 16.8 Å². The Morgan fingerprint density at radius 1 is 1.50 bits per heavy atom. The van der Waals surface area contributed by atoms with Gasteiger partial charge in [-0.1, -0.05) is 6.07 Å². The van der Waals surface area contributed by atoms with Crippen LogP contribution in [0.15, 0.2) is 24.3 Å². The molecule has 1 heterocycles. The van der Waals surface area contributed by atoms with Crippen molar-refractivity contribution in [3.63, 3.8) is 0 Å². The van der Waals surface area contributed by atoms with Gasteiger partial charge in [-0.2, -0.15) is 0 Å². The molecule has 0 unspecified atom stereocenters. The second-order valence-electron chi connectivity index (χ2n) is 5.93. The summed E-state index contributed by atoms with van der Waals surface area (Å²) >= 11 is 0. The Balaban J connectivity index is 1.87. The molecule has 0 bridgehead atoms. The van der Waals surface area contributed by atoms with Gasteiger partial charge >= 0.3 is 5.97 Å². The molecule has 2 atom stereocenters. The molecule has 8 heteroatoms. The molecule has 0 saturated carbocycles. The quantitative estimate of drug-likeness (QED) is 0.465. The number of nitro benzene ring substituents is 1. The molecular formula is C16H20N2O6. The first-order chi connectivity index (χ1) is 11.3. The largest absolute Gasteiger partial charge is 0.460 e. The number of carbonyl (C=O) groups is 2. The monoisotopic (exact) mass is 336 g/mol. The van der Waals surface area contributed by atoms with Crippen LogP contribution in [0.2, 0.25) is 0 Å². The number of nitrogens with zero attached hydrogens (tertiary/aromatic N) is 1. The fourth-order valence-corrected chi connectivity index (χ4v) is 2.42. The SMILES string of the molecule is CC(C)OC[C@@H]1C[C@H](CC(=O)Nc2cccc([N+](=O)[O-])c2)C(=O)O1. The highest BCUT2D eigenvalue weighted by atomic mass is 16.6. The smallest absolute Gasteiger partial charge is 0.309 e. The summed E-state index contributed by atoms with van der Waals surface area (Å²) in [5, 5.41) is 13.3. The van der Waals surface area contributed by atoms with E-state index in [4.69, 9.17) is 9.47 Å². The van der Waals surface area contributed by atoms with Crippen LogP contribution in [0.5, 0.6) is 0 Å². The van der Waals surface area contributed by atoms with Gasteiger partial charge in [0, 0.05) is 30.7 Å². The number of rotatable bonds is 7. The molecule has 1 aliphatic heterocycles. The highest BCUT2D eigenvalue weighted by Gasteiger charge is 2.36. The highest BCUT2D eigenvalue weighted by molar-refractivity contribution is 5.93. The minimum atomic E-state index is -0.538. The van der Waals surface area contributed by atoms with Crippen LogP contribution in [0.25, 0.3) is 0 Å². The van der Waals surface area contributed by atoms with Gasteiger partial charge in [0.2, 0.25) is 5.91 Å². The summed E-state index contributed by atoms with van der Waals surface area (Å²) in [6, 6.07) is 5.64. The van der Waals surface area contributed by atoms with Crippen LogP contribution in [0.1, 0.15) is 26.7 Å². The lowest BCUT2D eigenvalue weighted by Crippen LogP contribution is -2.19. The number of esters is 1. The maximum absolute atomic E-state index is 12.0. The van der Waals surface area contributed by atoms with E-state index >= 15 is 0 Å². The van der Waals surface area contributed by atoms with Gasteiger partial charge in [-0.3, -0.25) is 19.7 Å². The van der Waals surface area contributed by atoms with Crippen molar-refractivity contribution in [2.24, 2.45) is 5.92 Å². The van der Waals surface area contributed by atoms with Crippen LogP contribution in [0, 0.1) is 16.0 Å². The van der Waals surface area contributed by atoms with Crippen molar-refractivity contribution in [1.82, 2.24) is 0 Å². The molecule has 2 rings (SSSR count). The Bertz CT molecular complexity index is 631. The summed E-state index contributed by atoms with van der Waals surface area (Å²) in [6.07, 6.45) is 0.101. The van der Waals surface area contributed by atoms with Crippen molar-refractivity contribution in [2.75, 3.05) is 11.9 Å². The molecule has 0 aliphatic carbocycles. The number of hydrogen-bond acceptors (Lipinski definition) is 6. The summed E-state index contributed by atoms with van der Waals surface area (Å²) in [4.78, 5) is 34.0. The highest BCUT2D eigenvalue weighted by Crippen LogP contribution is 2.25. The number of hydrogen-bond donors (Lipinski definition) is 1. The zero-order valence-electron chi connectivity index (χ0n) is 13.6. The minimum Gasteiger partial charge on any atom is -0.460 e. The summed E-state index contributed by atoms with van der Waals surface area (Å²) < 4.78 is 10.6. The van der Waals surface area contributed by atoms with Crippen LogP contribution in [0.4, 0.5) is 11.4 Å². The van der Waals surface area contributed by atoms with E-state index in [0.29, 0.717) is 18.7 Å². The third-order valence-electron chi connectivity index (χ3n) is 3.55. The van der Waals surface area contributed by atoms with Gasteiger partial charge in [0.1, 0.15) is 6.10 Å². The standard InChI is InChI=1S/C16H20N2O6/c1-10(2)23-9-14-6-11(16(20)24-14)7-15(19)17-12-4-3-5-13(8-12)18(21)22/h3-5,8,10-11,14H,6-7,9H2,1-2H3,(H,17,19)/t11-,14+/m1/s1. The third-order valence-corrected chi connectivity index (χ3v) is 3.55. The second-order valence-corrected chi connectivity index (χ2v) is 5.93. The van der Waals surface area contributed by atoms with Crippen molar-refractivity contribution < 1.29 is 24.0 Å². The first kappa shape index (κ1) is 17.9. The summed E-state index contributed by atoms with van der Waals surface area (Å²) in [5.74, 6) is -1.33. The van der Waals surface area contributed by atoms with Gasteiger partial charge in [0.05, 0.1) is 23.6 Å². The lowest BCUT2D eigenvalue weighted by molar-refractivity contribution is -0.384. The number of nitro groups is 1. The topological polar surface area (TPSA) is 108 Å². The maximum atomic E-state index is 12.0. The lowest BCUT2D eigenvalue weighted by atomic mass is 10.0. The van der Waals surface area contributed by atoms with E-state index in [1.165, 1.54) is 18.2 Å². The second kappa shape index (κ2) is 7.87. The van der Waals surface area contributed by atoms with Gasteiger partial charge < -0.3 is 14.8 Å². The van der Waals surface area contributed by atoms with Gasteiger partial charge in [0.25, 0.3) is 5.69 Å². The Morgan fingerprint density at radius 3 is 2.92 bits per heavy atom. The minimum absolute atomic E-state index is 0.0281. The van der Waals surface area contributed by atoms with Gasteiger partial charge in [0.15, 0.2) is 0 Å². The zero-order chi connectivity index (χ0) is 17.7. The Kier molecular flexibility index (Phi) is 5.86. The average Bonchev–Trinajstić information content (AvgIpc) is 2.85. The number of non-ortho nitro benzene ring substituents is 1. The number of amides is 1. The summed E-state index contributed by atoms with van der Waals surface area (Å²) in [5.41, 5.74) is 0.208. The van der Waals surface area contributed by atoms with Gasteiger partial charge in [-0.05, 0) is 19.9 Å². The first-order valence-electron chi connectivity index (χ1n) is 7.71. The van der Waals surface area contributed by atoms with Crippen molar-refractivity contribution >= 4 is 23.3 Å². The molecule has 1 aliphatic rings. The molecule has 130 valence electrons. The number of cyclic esters (lactones) is 1. The van der Waals surface area contributed by atoms with Crippen LogP contribution < -0.4 is 5.32 Å². The zero-order valence-corrected chi connectivity index (χ0v) is 13.6. The molecule has 0 spiro atoms. The van der Waals surface area contributed by atoms with E-state index in [9.17, 15) is 19.7 Å². The summed E-state index contributed by atoms with van der Waals surface area (Å²) in [7, 11) is 0. The van der Waals surface area contributed by atoms with Gasteiger partial charge in [-0.15, -0.1) is 0 Å². The third kappa shape index (κ3) is 5.02. The first-order valence-corrected chi connectivity index (χ1v) is 7.71. The van der Waals surface area contributed by atoms with Crippen LogP contribution in [0.3, 0.4) is 0 Å². The molecule has 1 aromatic carbocycles. The van der Waals surface area contributed by atoms with E-state index in [0.717, 1.165) is 0 Å². The predicted molar refractivity (Wildman–Crippen MR) is 85.4 cm³/mol. The number of carbonyl (C=O) groups excluding carboxylic acids is 2. The van der Waals surface area contributed by atoms with Crippen molar-refractivity contribution in [3.05, 3.63) is 34.4 Å². The summed E-state index contributed by atoms with van der Waals surface area (Å²) in [6.45, 7) is 4.09. The molecule has 1 saturated heterocycles. The molecule has 1 fully saturated rings.